The van der Waals surface area contributed by atoms with Crippen molar-refractivity contribution in [1.29, 1.82) is 0 Å². The number of aryl methyl sites for hydroxylation is 3. The summed E-state index contributed by atoms with van der Waals surface area (Å²) < 4.78 is 18.7. The summed E-state index contributed by atoms with van der Waals surface area (Å²) in [6, 6.07) is 41.1. The predicted molar refractivity (Wildman–Crippen MR) is 264 cm³/mol. The van der Waals surface area contributed by atoms with Crippen LogP contribution in [0.25, 0.3) is 21.3 Å². The predicted octanol–water partition coefficient (Wildman–Crippen LogP) is 14.1. The van der Waals surface area contributed by atoms with E-state index >= 15 is 0 Å². The van der Waals surface area contributed by atoms with Crippen LogP contribution >= 0.6 is 11.3 Å². The van der Waals surface area contributed by atoms with E-state index in [1.54, 1.807) is 11.3 Å². The summed E-state index contributed by atoms with van der Waals surface area (Å²) in [4.78, 5) is 16.2. The summed E-state index contributed by atoms with van der Waals surface area (Å²) in [7, 11) is 0. The van der Waals surface area contributed by atoms with Gasteiger partial charge in [-0.25, -0.2) is 14.8 Å². The Kier molecular flexibility index (Phi) is 19.3. The summed E-state index contributed by atoms with van der Waals surface area (Å²) in [6.45, 7) is 10.2. The number of unbranched alkanes of at least 4 members (excludes halogenated alkanes) is 8. The summed E-state index contributed by atoms with van der Waals surface area (Å²) >= 11 is 1.68. The lowest BCUT2D eigenvalue weighted by Crippen LogP contribution is -2.18. The fourth-order valence-electron chi connectivity index (χ4n) is 7.40. The molecular weight excluding hydrogens is 799 g/mol. The second-order valence-corrected chi connectivity index (χ2v) is 17.2. The van der Waals surface area contributed by atoms with Crippen LogP contribution in [0.4, 0.5) is 5.13 Å². The van der Waals surface area contributed by atoms with Crippen molar-refractivity contribution >= 4 is 38.9 Å². The number of carbonyl (C=O) groups excluding carboxylic acids is 1. The molecule has 1 aromatic heterocycles. The molecule has 1 heterocycles. The number of benzene rings is 5. The molecule has 0 unspecified atom stereocenters. The van der Waals surface area contributed by atoms with Gasteiger partial charge >= 0.3 is 5.97 Å². The van der Waals surface area contributed by atoms with E-state index in [9.17, 15) is 4.79 Å². The van der Waals surface area contributed by atoms with Crippen molar-refractivity contribution in [2.75, 3.05) is 24.8 Å². The SMILES string of the molecule is C=CC(=O)OCCCCCCOc1ccc(COc2ccc(CCc3ccc(-c4ccc(CCCCC)cc4)cc3)cc2/C=N/N(CCCCCC)c2nc3ccccc3s2)cc1. The Labute approximate surface area is 379 Å². The van der Waals surface area contributed by atoms with Gasteiger partial charge in [-0.2, -0.15) is 5.10 Å². The number of esters is 1. The fourth-order valence-corrected chi connectivity index (χ4v) is 8.35. The van der Waals surface area contributed by atoms with E-state index in [1.165, 1.54) is 66.0 Å². The molecule has 63 heavy (non-hydrogen) atoms. The fraction of sp³-hybridized carbons (Fsp3) is 0.364. The molecule has 0 amide bonds. The number of fused-ring (bicyclic) bond motifs is 1. The monoisotopic (exact) mass is 863 g/mol. The van der Waals surface area contributed by atoms with Gasteiger partial charge in [0, 0.05) is 18.2 Å². The number of hydrogen-bond acceptors (Lipinski definition) is 8. The van der Waals surface area contributed by atoms with Gasteiger partial charge in [-0.15, -0.1) is 0 Å². The highest BCUT2D eigenvalue weighted by Gasteiger charge is 2.13. The third-order valence-electron chi connectivity index (χ3n) is 11.2. The lowest BCUT2D eigenvalue weighted by molar-refractivity contribution is -0.137. The Morgan fingerprint density at radius 3 is 2.02 bits per heavy atom. The quantitative estimate of drug-likeness (QED) is 0.0161. The zero-order valence-electron chi connectivity index (χ0n) is 37.4. The van der Waals surface area contributed by atoms with Crippen LogP contribution in [0.2, 0.25) is 0 Å². The summed E-state index contributed by atoms with van der Waals surface area (Å²) in [5, 5.41) is 8.08. The number of carbonyl (C=O) groups is 1. The molecular formula is C55H65N3O4S. The number of thiazole rings is 1. The van der Waals surface area contributed by atoms with Crippen LogP contribution in [0.5, 0.6) is 11.5 Å². The molecule has 0 saturated carbocycles. The highest BCUT2D eigenvalue weighted by Crippen LogP contribution is 2.30. The number of hydrazone groups is 1. The van der Waals surface area contributed by atoms with Crippen molar-refractivity contribution in [3.63, 3.8) is 0 Å². The first-order valence-corrected chi connectivity index (χ1v) is 23.9. The standard InChI is InChI=1S/C55H65N3O4S/c1-4-7-9-15-37-58(55-57-51-19-13-14-20-53(51)63-55)56-41-49-40-45(22-21-44-25-32-48(33-26-44)47-30-23-43(24-31-47)18-12-8-5-2)29-36-52(49)62-42-46-27-34-50(35-28-46)60-38-16-10-11-17-39-61-54(59)6-3/h6,13-14,19-20,23-36,40-41H,3-5,7-12,15-18,21-22,37-39,42H2,1-2H3/b56-41+. The average molecular weight is 864 g/mol. The van der Waals surface area contributed by atoms with Crippen LogP contribution in [0.3, 0.4) is 0 Å². The highest BCUT2D eigenvalue weighted by atomic mass is 32.1. The molecule has 5 aromatic carbocycles. The van der Waals surface area contributed by atoms with Crippen molar-refractivity contribution in [1.82, 2.24) is 4.98 Å². The molecule has 0 aliphatic rings. The summed E-state index contributed by atoms with van der Waals surface area (Å²) in [5.41, 5.74) is 9.49. The second-order valence-electron chi connectivity index (χ2n) is 16.2. The Balaban J connectivity index is 1.11. The van der Waals surface area contributed by atoms with Crippen LogP contribution < -0.4 is 14.5 Å². The van der Waals surface area contributed by atoms with Crippen molar-refractivity contribution in [3.05, 3.63) is 156 Å². The molecule has 0 atom stereocenters. The van der Waals surface area contributed by atoms with Crippen LogP contribution in [-0.2, 0) is 35.4 Å². The van der Waals surface area contributed by atoms with Gasteiger partial charge in [0.05, 0.1) is 29.6 Å². The molecule has 0 fully saturated rings. The van der Waals surface area contributed by atoms with Crippen LogP contribution in [0, 0.1) is 0 Å². The van der Waals surface area contributed by atoms with E-state index in [2.05, 4.69) is 122 Å². The number of anilines is 1. The molecule has 330 valence electrons. The Morgan fingerprint density at radius 2 is 1.30 bits per heavy atom. The molecule has 0 radical (unpaired) electrons. The van der Waals surface area contributed by atoms with Crippen LogP contribution in [-0.4, -0.2) is 36.9 Å². The topological polar surface area (TPSA) is 73.2 Å². The number of aromatic nitrogens is 1. The first-order chi connectivity index (χ1) is 31.0. The van der Waals surface area contributed by atoms with Crippen molar-refractivity contribution in [2.24, 2.45) is 5.10 Å². The molecule has 6 aromatic rings. The number of hydrogen-bond donors (Lipinski definition) is 0. The molecule has 0 spiro atoms. The molecule has 6 rings (SSSR count). The van der Waals surface area contributed by atoms with Gasteiger partial charge in [0.25, 0.3) is 0 Å². The summed E-state index contributed by atoms with van der Waals surface area (Å²) in [5.74, 6) is 1.26. The van der Waals surface area contributed by atoms with Gasteiger partial charge in [-0.05, 0) is 128 Å². The molecule has 0 N–H and O–H groups in total. The summed E-state index contributed by atoms with van der Waals surface area (Å²) in [6.07, 6.45) is 18.3. The minimum Gasteiger partial charge on any atom is -0.494 e. The number of para-hydroxylation sites is 1. The van der Waals surface area contributed by atoms with E-state index in [-0.39, 0.29) is 5.97 Å². The zero-order chi connectivity index (χ0) is 43.9. The molecule has 0 saturated heterocycles. The third kappa shape index (κ3) is 15.5. The van der Waals surface area contributed by atoms with E-state index in [0.29, 0.717) is 19.8 Å². The maximum Gasteiger partial charge on any atom is 0.330 e. The average Bonchev–Trinajstić information content (AvgIpc) is 3.76. The number of ether oxygens (including phenoxy) is 3. The Morgan fingerprint density at radius 1 is 0.667 bits per heavy atom. The van der Waals surface area contributed by atoms with Gasteiger partial charge in [0.15, 0.2) is 0 Å². The van der Waals surface area contributed by atoms with Crippen molar-refractivity contribution < 1.29 is 19.0 Å². The van der Waals surface area contributed by atoms with Gasteiger partial charge in [0.1, 0.15) is 18.1 Å². The van der Waals surface area contributed by atoms with E-state index in [4.69, 9.17) is 24.3 Å². The van der Waals surface area contributed by atoms with Crippen LogP contribution in [0.1, 0.15) is 112 Å². The van der Waals surface area contributed by atoms with Gasteiger partial charge in [-0.3, -0.25) is 0 Å². The van der Waals surface area contributed by atoms with E-state index in [1.807, 2.05) is 24.4 Å². The zero-order valence-corrected chi connectivity index (χ0v) is 38.3. The number of nitrogens with zero attached hydrogens (tertiary/aromatic N) is 3. The minimum atomic E-state index is -0.366. The number of rotatable bonds is 28. The normalized spacial score (nSPS) is 11.3. The maximum absolute atomic E-state index is 11.2. The molecule has 0 aliphatic carbocycles. The Hall–Kier alpha value is -5.73. The molecule has 0 bridgehead atoms. The minimum absolute atomic E-state index is 0.366. The largest absolute Gasteiger partial charge is 0.494 e. The van der Waals surface area contributed by atoms with Crippen molar-refractivity contribution in [3.8, 4) is 22.6 Å². The third-order valence-corrected chi connectivity index (χ3v) is 12.2. The first-order valence-electron chi connectivity index (χ1n) is 23.1. The van der Waals surface area contributed by atoms with Gasteiger partial charge in [-0.1, -0.05) is 143 Å². The van der Waals surface area contributed by atoms with E-state index in [0.717, 1.165) is 102 Å². The maximum atomic E-state index is 11.2. The van der Waals surface area contributed by atoms with Crippen molar-refractivity contribution in [2.45, 2.75) is 110 Å². The molecule has 0 aliphatic heterocycles. The molecule has 7 nitrogen and oxygen atoms in total. The Bertz CT molecular complexity index is 2270. The van der Waals surface area contributed by atoms with E-state index < -0.39 is 0 Å². The van der Waals surface area contributed by atoms with Crippen LogP contribution in [0.15, 0.2) is 133 Å². The lowest BCUT2D eigenvalue weighted by Gasteiger charge is -2.16. The van der Waals surface area contributed by atoms with Gasteiger partial charge in [0.2, 0.25) is 5.13 Å². The smallest absolute Gasteiger partial charge is 0.330 e. The first kappa shape index (κ1) is 46.8. The lowest BCUT2D eigenvalue weighted by atomic mass is 9.98. The second kappa shape index (κ2) is 26.0. The molecule has 8 heteroatoms. The highest BCUT2D eigenvalue weighted by molar-refractivity contribution is 7.22. The van der Waals surface area contributed by atoms with Gasteiger partial charge < -0.3 is 14.2 Å².